The number of nitrogens with zero attached hydrogens (tertiary/aromatic N) is 4. The maximum atomic E-state index is 14.5. The van der Waals surface area contributed by atoms with Gasteiger partial charge in [-0.1, -0.05) is 30.1 Å². The van der Waals surface area contributed by atoms with Crippen LogP contribution in [0.3, 0.4) is 0 Å². The number of aliphatic hydroxyl groups excluding tert-OH is 2. The Morgan fingerprint density at radius 1 is 0.925 bits per heavy atom. The molecular formula is C51H56N4O11S. The molecule has 1 heterocycles. The van der Waals surface area contributed by atoms with Crippen LogP contribution in [0.5, 0.6) is 17.2 Å². The molecule has 1 fully saturated rings. The van der Waals surface area contributed by atoms with Gasteiger partial charge in [0.25, 0.3) is 11.4 Å². The third kappa shape index (κ3) is 11.1. The summed E-state index contributed by atoms with van der Waals surface area (Å²) in [6, 6.07) is 24.8. The van der Waals surface area contributed by atoms with Gasteiger partial charge in [0.15, 0.2) is 0 Å². The number of allylic oxidation sites excluding steroid dienone is 1. The van der Waals surface area contributed by atoms with E-state index in [0.717, 1.165) is 41.7 Å². The molecule has 0 aromatic heterocycles. The van der Waals surface area contributed by atoms with Crippen LogP contribution >= 0.6 is 11.8 Å². The number of fused-ring (bicyclic) bond motifs is 2. The number of aliphatic hydroxyl groups is 2. The first-order chi connectivity index (χ1) is 32.5. The van der Waals surface area contributed by atoms with Crippen LogP contribution in [-0.2, 0) is 21.0 Å². The minimum absolute atomic E-state index is 0.00590. The second kappa shape index (κ2) is 22.4. The van der Waals surface area contributed by atoms with Gasteiger partial charge in [0.1, 0.15) is 29.9 Å². The molecular weight excluding hydrogens is 877 g/mol. The number of nitro benzene ring substituents is 2. The van der Waals surface area contributed by atoms with E-state index in [-0.39, 0.29) is 67.9 Å². The summed E-state index contributed by atoms with van der Waals surface area (Å²) in [4.78, 5) is 45.0. The van der Waals surface area contributed by atoms with Crippen molar-refractivity contribution in [3.63, 3.8) is 0 Å². The van der Waals surface area contributed by atoms with E-state index in [0.29, 0.717) is 46.9 Å². The maximum Gasteiger partial charge on any atom is 0.269 e. The van der Waals surface area contributed by atoms with Gasteiger partial charge in [-0.25, -0.2) is 0 Å². The van der Waals surface area contributed by atoms with Crippen molar-refractivity contribution in [3.8, 4) is 17.2 Å². The van der Waals surface area contributed by atoms with Gasteiger partial charge in [0, 0.05) is 73.4 Å². The van der Waals surface area contributed by atoms with Crippen LogP contribution in [0, 0.1) is 38.0 Å². The molecule has 1 saturated carbocycles. The highest BCUT2D eigenvalue weighted by molar-refractivity contribution is 7.98. The summed E-state index contributed by atoms with van der Waals surface area (Å²) in [6.45, 7) is 4.18. The molecule has 15 nitrogen and oxygen atoms in total. The van der Waals surface area contributed by atoms with Crippen molar-refractivity contribution >= 4 is 40.8 Å². The molecule has 0 radical (unpaired) electrons. The lowest BCUT2D eigenvalue weighted by molar-refractivity contribution is -0.385. The highest BCUT2D eigenvalue weighted by Crippen LogP contribution is 2.62. The normalized spacial score (nSPS) is 22.2. The lowest BCUT2D eigenvalue weighted by Gasteiger charge is -2.59. The number of rotatable bonds is 22. The summed E-state index contributed by atoms with van der Waals surface area (Å²) in [7, 11) is 1.68. The molecule has 2 aliphatic carbocycles. The molecule has 0 bridgehead atoms. The summed E-state index contributed by atoms with van der Waals surface area (Å²) >= 11 is 1.64. The first-order valence-electron chi connectivity index (χ1n) is 22.4. The number of likely N-dealkylation sites (N-methyl/N-ethyl adjacent to an activating group) is 1. The predicted octanol–water partition coefficient (Wildman–Crippen LogP) is 10.0. The van der Waals surface area contributed by atoms with Gasteiger partial charge >= 0.3 is 0 Å². The summed E-state index contributed by atoms with van der Waals surface area (Å²) in [6.07, 6.45) is 13.3. The summed E-state index contributed by atoms with van der Waals surface area (Å²) < 4.78 is 20.7. The van der Waals surface area contributed by atoms with E-state index in [1.165, 1.54) is 30.3 Å². The first-order valence-corrected chi connectivity index (χ1v) is 23.7. The summed E-state index contributed by atoms with van der Waals surface area (Å²) in [5.41, 5.74) is 3.46. The first kappa shape index (κ1) is 48.6. The van der Waals surface area contributed by atoms with Crippen LogP contribution in [-0.4, -0.2) is 81.5 Å². The third-order valence-corrected chi connectivity index (χ3v) is 13.6. The van der Waals surface area contributed by atoms with Gasteiger partial charge in [-0.05, 0) is 133 Å². The van der Waals surface area contributed by atoms with Crippen LogP contribution in [0.2, 0.25) is 0 Å². The number of hydrogen-bond donors (Lipinski definition) is 2. The molecule has 3 aliphatic rings. The molecule has 1 amide bonds. The van der Waals surface area contributed by atoms with E-state index in [9.17, 15) is 35.2 Å². The number of carbonyl (C=O) groups is 1. The van der Waals surface area contributed by atoms with Crippen molar-refractivity contribution in [2.45, 2.75) is 74.2 Å². The quantitative estimate of drug-likeness (QED) is 0.0189. The topological polar surface area (TPSA) is 196 Å². The van der Waals surface area contributed by atoms with Gasteiger partial charge in [-0.15, -0.1) is 18.3 Å². The fourth-order valence-electron chi connectivity index (χ4n) is 9.62. The zero-order valence-corrected chi connectivity index (χ0v) is 38.4. The highest BCUT2D eigenvalue weighted by Gasteiger charge is 2.65. The number of oxime groups is 1. The van der Waals surface area contributed by atoms with Crippen LogP contribution in [0.4, 0.5) is 11.4 Å². The van der Waals surface area contributed by atoms with E-state index in [4.69, 9.17) is 24.2 Å². The molecule has 0 spiro atoms. The van der Waals surface area contributed by atoms with E-state index in [1.807, 2.05) is 48.7 Å². The number of non-ortho nitro benzene ring substituents is 2. The number of amides is 1. The average molecular weight is 933 g/mol. The molecule has 67 heavy (non-hydrogen) atoms. The van der Waals surface area contributed by atoms with Gasteiger partial charge in [-0.3, -0.25) is 25.0 Å². The Hall–Kier alpha value is -6.33. The SMILES string of the molecule is C=CCO[C@@]12Oc3ccc(Oc4ccc(SC)cc4)cc3[C@H]3[C@H](CCCCO)[C@@H](CCCCO)C=C(C(=NOCc4ccc([N+](=O)[O-])cc4)C[C@@H]1N(C)C(=O)C=Cc1ccc([N+](=O)[O-])cc1)[C@H]32. The van der Waals surface area contributed by atoms with Crippen molar-refractivity contribution < 1.29 is 43.9 Å². The molecule has 4 aromatic rings. The Balaban J connectivity index is 1.38. The number of hydrogen-bond acceptors (Lipinski definition) is 13. The van der Waals surface area contributed by atoms with E-state index >= 15 is 0 Å². The molecule has 6 atom stereocenters. The predicted molar refractivity (Wildman–Crippen MR) is 256 cm³/mol. The molecule has 352 valence electrons. The number of carbonyl (C=O) groups excluding carboxylic acids is 1. The molecule has 4 aromatic carbocycles. The second-order valence-corrected chi connectivity index (χ2v) is 17.8. The van der Waals surface area contributed by atoms with Gasteiger partial charge in [-0.2, -0.15) is 0 Å². The van der Waals surface area contributed by atoms with Gasteiger partial charge in [0.05, 0.1) is 28.1 Å². The monoisotopic (exact) mass is 932 g/mol. The molecule has 1 aliphatic heterocycles. The Bertz CT molecular complexity index is 2480. The summed E-state index contributed by atoms with van der Waals surface area (Å²) in [5, 5.41) is 47.4. The number of thioether (sulfide) groups is 1. The smallest absolute Gasteiger partial charge is 0.269 e. The van der Waals surface area contributed by atoms with E-state index < -0.39 is 27.6 Å². The van der Waals surface area contributed by atoms with Crippen molar-refractivity contribution in [1.82, 2.24) is 4.90 Å². The fourth-order valence-corrected chi connectivity index (χ4v) is 10.0. The fraction of sp³-hybridized carbons (Fsp3) is 0.373. The van der Waals surface area contributed by atoms with E-state index in [2.05, 4.69) is 12.7 Å². The minimum Gasteiger partial charge on any atom is -0.459 e. The third-order valence-electron chi connectivity index (χ3n) is 12.8. The molecule has 16 heteroatoms. The Morgan fingerprint density at radius 3 is 2.22 bits per heavy atom. The Morgan fingerprint density at radius 2 is 1.58 bits per heavy atom. The largest absolute Gasteiger partial charge is 0.459 e. The number of nitro groups is 2. The minimum atomic E-state index is -1.50. The molecule has 0 saturated heterocycles. The van der Waals surface area contributed by atoms with Crippen LogP contribution in [0.25, 0.3) is 6.08 Å². The number of ether oxygens (including phenoxy) is 3. The zero-order chi connectivity index (χ0) is 47.5. The maximum absolute atomic E-state index is 14.5. The average Bonchev–Trinajstić information content (AvgIpc) is 3.34. The lowest BCUT2D eigenvalue weighted by atomic mass is 9.55. The molecule has 2 N–H and O–H groups in total. The lowest BCUT2D eigenvalue weighted by Crippen LogP contribution is -2.69. The van der Waals surface area contributed by atoms with Crippen LogP contribution < -0.4 is 9.47 Å². The Kier molecular flexibility index (Phi) is 16.3. The van der Waals surface area contributed by atoms with E-state index in [1.54, 1.807) is 60.1 Å². The van der Waals surface area contributed by atoms with Crippen molar-refractivity contribution in [2.24, 2.45) is 22.9 Å². The van der Waals surface area contributed by atoms with Crippen molar-refractivity contribution in [1.29, 1.82) is 0 Å². The van der Waals surface area contributed by atoms with Crippen molar-refractivity contribution in [3.05, 3.63) is 158 Å². The van der Waals surface area contributed by atoms with Gasteiger partial charge in [0.2, 0.25) is 11.7 Å². The van der Waals surface area contributed by atoms with Crippen LogP contribution in [0.15, 0.2) is 131 Å². The highest BCUT2D eigenvalue weighted by atomic mass is 32.2. The van der Waals surface area contributed by atoms with Gasteiger partial charge < -0.3 is 34.2 Å². The van der Waals surface area contributed by atoms with Crippen LogP contribution in [0.1, 0.15) is 67.6 Å². The summed E-state index contributed by atoms with van der Waals surface area (Å²) in [5.74, 6) is -0.929. The van der Waals surface area contributed by atoms with Crippen molar-refractivity contribution in [2.75, 3.05) is 33.1 Å². The molecule has 7 rings (SSSR count). The number of benzene rings is 4. The second-order valence-electron chi connectivity index (χ2n) is 16.9. The standard InChI is InChI=1S/C51H56N4O11S/c1-4-29-63-51-47(53(2)48(58)26-15-34-11-16-37(17-12-34)54(59)60)32-45(52-64-33-35-13-18-38(19-14-35)55(61)62)43-30-36(9-5-7-27-56)42(10-6-8-28-57)49(50(43)51)44-31-40(22-25-46(44)66-51)65-39-20-23-41(67-3)24-21-39/h4,11-26,30-31,36,42,47,49-50,56-57H,1,5-10,27-29,32-33H2,2-3H3/t36-,42+,47-,49+,50+,51+/m0/s1. The Labute approximate surface area is 394 Å². The number of unbranched alkanes of at least 4 members (excludes halogenated alkanes) is 2. The molecule has 0 unspecified atom stereocenters. The zero-order valence-electron chi connectivity index (χ0n) is 37.6.